The van der Waals surface area contributed by atoms with Gasteiger partial charge in [-0.2, -0.15) is 0 Å². The van der Waals surface area contributed by atoms with Gasteiger partial charge >= 0.3 is 0 Å². The summed E-state index contributed by atoms with van der Waals surface area (Å²) < 4.78 is 11.4. The molecule has 2 aromatic rings. The van der Waals surface area contributed by atoms with Crippen molar-refractivity contribution in [3.05, 3.63) is 58.6 Å². The van der Waals surface area contributed by atoms with Crippen molar-refractivity contribution in [2.75, 3.05) is 7.11 Å². The van der Waals surface area contributed by atoms with Crippen LogP contribution in [0.25, 0.3) is 0 Å². The SMILES string of the molecule is COc1ccc2c(c1)[C@H](NC(=O)CCc1ccc(Cl)cc1)CC(C)(C)O2. The lowest BCUT2D eigenvalue weighted by atomic mass is 9.89. The van der Waals surface area contributed by atoms with Crippen LogP contribution in [-0.4, -0.2) is 18.6 Å². The molecule has 0 radical (unpaired) electrons. The second-order valence-corrected chi connectivity index (χ2v) is 7.65. The third-order valence-corrected chi connectivity index (χ3v) is 4.82. The molecule has 1 amide bonds. The van der Waals surface area contributed by atoms with E-state index in [2.05, 4.69) is 5.32 Å². The van der Waals surface area contributed by atoms with E-state index in [1.165, 1.54) is 0 Å². The highest BCUT2D eigenvalue weighted by molar-refractivity contribution is 6.30. The van der Waals surface area contributed by atoms with Crippen molar-refractivity contribution in [2.45, 2.75) is 44.8 Å². The Balaban J connectivity index is 1.70. The zero-order valence-corrected chi connectivity index (χ0v) is 16.1. The number of methoxy groups -OCH3 is 1. The first-order valence-corrected chi connectivity index (χ1v) is 9.15. The minimum atomic E-state index is -0.338. The van der Waals surface area contributed by atoms with E-state index in [4.69, 9.17) is 21.1 Å². The summed E-state index contributed by atoms with van der Waals surface area (Å²) >= 11 is 5.90. The van der Waals surface area contributed by atoms with Crippen molar-refractivity contribution in [1.82, 2.24) is 5.32 Å². The van der Waals surface area contributed by atoms with Crippen molar-refractivity contribution < 1.29 is 14.3 Å². The van der Waals surface area contributed by atoms with Crippen LogP contribution < -0.4 is 14.8 Å². The molecule has 1 aliphatic heterocycles. The number of aryl methyl sites for hydroxylation is 1. The van der Waals surface area contributed by atoms with Crippen LogP contribution in [0, 0.1) is 0 Å². The van der Waals surface area contributed by atoms with Crippen molar-refractivity contribution >= 4 is 17.5 Å². The van der Waals surface area contributed by atoms with Gasteiger partial charge in [-0.1, -0.05) is 23.7 Å². The smallest absolute Gasteiger partial charge is 0.220 e. The van der Waals surface area contributed by atoms with E-state index in [0.29, 0.717) is 24.3 Å². The second-order valence-electron chi connectivity index (χ2n) is 7.22. The molecule has 138 valence electrons. The molecule has 0 saturated heterocycles. The maximum atomic E-state index is 12.5. The first-order chi connectivity index (χ1) is 12.4. The zero-order valence-electron chi connectivity index (χ0n) is 15.3. The molecular formula is C21H24ClNO3. The number of rotatable bonds is 5. The molecule has 0 aliphatic carbocycles. The quantitative estimate of drug-likeness (QED) is 0.826. The third kappa shape index (κ3) is 4.50. The third-order valence-electron chi connectivity index (χ3n) is 4.56. The van der Waals surface area contributed by atoms with Crippen molar-refractivity contribution in [3.63, 3.8) is 0 Å². The number of amides is 1. The van der Waals surface area contributed by atoms with E-state index in [-0.39, 0.29) is 17.6 Å². The topological polar surface area (TPSA) is 47.6 Å². The summed E-state index contributed by atoms with van der Waals surface area (Å²) in [7, 11) is 1.63. The fourth-order valence-corrected chi connectivity index (χ4v) is 3.39. The molecule has 1 aliphatic rings. The van der Waals surface area contributed by atoms with Gasteiger partial charge in [-0.3, -0.25) is 4.79 Å². The van der Waals surface area contributed by atoms with Gasteiger partial charge in [-0.15, -0.1) is 0 Å². The van der Waals surface area contributed by atoms with E-state index in [9.17, 15) is 4.79 Å². The number of hydrogen-bond acceptors (Lipinski definition) is 3. The van der Waals surface area contributed by atoms with Crippen LogP contribution in [0.5, 0.6) is 11.5 Å². The van der Waals surface area contributed by atoms with E-state index >= 15 is 0 Å². The summed E-state index contributed by atoms with van der Waals surface area (Å²) in [5.41, 5.74) is 1.72. The molecule has 1 heterocycles. The maximum absolute atomic E-state index is 12.5. The normalized spacial score (nSPS) is 17.8. The van der Waals surface area contributed by atoms with Gasteiger partial charge in [0.2, 0.25) is 5.91 Å². The van der Waals surface area contributed by atoms with Crippen LogP contribution in [0.2, 0.25) is 5.02 Å². The van der Waals surface area contributed by atoms with E-state index < -0.39 is 0 Å². The van der Waals surface area contributed by atoms with Crippen molar-refractivity contribution in [2.24, 2.45) is 0 Å². The Hall–Kier alpha value is -2.20. The van der Waals surface area contributed by atoms with Gasteiger partial charge in [0.05, 0.1) is 13.2 Å². The molecule has 0 saturated carbocycles. The fraction of sp³-hybridized carbons (Fsp3) is 0.381. The summed E-state index contributed by atoms with van der Waals surface area (Å²) in [6.07, 6.45) is 1.82. The van der Waals surface area contributed by atoms with E-state index in [1.807, 2.05) is 56.3 Å². The molecule has 5 heteroatoms. The molecular weight excluding hydrogens is 350 g/mol. The van der Waals surface area contributed by atoms with Gasteiger partial charge in [0, 0.05) is 23.4 Å². The van der Waals surface area contributed by atoms with Crippen LogP contribution in [0.3, 0.4) is 0 Å². The Morgan fingerprint density at radius 3 is 2.69 bits per heavy atom. The second kappa shape index (κ2) is 7.58. The number of nitrogens with one attached hydrogen (secondary N) is 1. The Bertz CT molecular complexity index is 786. The number of halogens is 1. The summed E-state index contributed by atoms with van der Waals surface area (Å²) in [5, 5.41) is 3.87. The summed E-state index contributed by atoms with van der Waals surface area (Å²) in [6.45, 7) is 4.07. The fourth-order valence-electron chi connectivity index (χ4n) is 3.26. The standard InChI is InChI=1S/C21H24ClNO3/c1-21(2)13-18(17-12-16(25-3)9-10-19(17)26-21)23-20(24)11-6-14-4-7-15(22)8-5-14/h4-5,7-10,12,18H,6,11,13H2,1-3H3,(H,23,24)/t18-/m1/s1. The molecule has 0 spiro atoms. The van der Waals surface area contributed by atoms with Crippen LogP contribution in [0.1, 0.15) is 43.9 Å². The predicted molar refractivity (Wildman–Crippen MR) is 103 cm³/mol. The van der Waals surface area contributed by atoms with Gasteiger partial charge < -0.3 is 14.8 Å². The monoisotopic (exact) mass is 373 g/mol. The Morgan fingerprint density at radius 1 is 1.27 bits per heavy atom. The number of carbonyl (C=O) groups excluding carboxylic acids is 1. The van der Waals surface area contributed by atoms with Crippen LogP contribution >= 0.6 is 11.6 Å². The molecule has 3 rings (SSSR count). The van der Waals surface area contributed by atoms with Crippen molar-refractivity contribution in [3.8, 4) is 11.5 Å². The number of ether oxygens (including phenoxy) is 2. The van der Waals surface area contributed by atoms with Gasteiger partial charge in [0.1, 0.15) is 17.1 Å². The molecule has 2 aromatic carbocycles. The average molecular weight is 374 g/mol. The number of benzene rings is 2. The first-order valence-electron chi connectivity index (χ1n) is 8.77. The maximum Gasteiger partial charge on any atom is 0.220 e. The van der Waals surface area contributed by atoms with E-state index in [0.717, 1.165) is 22.6 Å². The van der Waals surface area contributed by atoms with Gasteiger partial charge in [0.15, 0.2) is 0 Å². The van der Waals surface area contributed by atoms with Gasteiger partial charge in [-0.25, -0.2) is 0 Å². The lowest BCUT2D eigenvalue weighted by molar-refractivity contribution is -0.122. The lowest BCUT2D eigenvalue weighted by Gasteiger charge is -2.38. The van der Waals surface area contributed by atoms with Crippen molar-refractivity contribution in [1.29, 1.82) is 0 Å². The predicted octanol–water partition coefficient (Wildman–Crippen LogP) is 4.70. The molecule has 0 bridgehead atoms. The molecule has 0 fully saturated rings. The molecule has 1 atom stereocenters. The first kappa shape index (κ1) is 18.6. The highest BCUT2D eigenvalue weighted by Gasteiger charge is 2.34. The summed E-state index contributed by atoms with van der Waals surface area (Å²) in [4.78, 5) is 12.5. The number of fused-ring (bicyclic) bond motifs is 1. The number of carbonyl (C=O) groups is 1. The van der Waals surface area contributed by atoms with Gasteiger partial charge in [-0.05, 0) is 56.2 Å². The molecule has 0 aromatic heterocycles. The highest BCUT2D eigenvalue weighted by Crippen LogP contribution is 2.41. The van der Waals surface area contributed by atoms with Crippen LogP contribution in [0.4, 0.5) is 0 Å². The summed E-state index contributed by atoms with van der Waals surface area (Å²) in [5.74, 6) is 1.58. The minimum Gasteiger partial charge on any atom is -0.497 e. The zero-order chi connectivity index (χ0) is 18.7. The summed E-state index contributed by atoms with van der Waals surface area (Å²) in [6, 6.07) is 13.2. The average Bonchev–Trinajstić information content (AvgIpc) is 2.60. The molecule has 26 heavy (non-hydrogen) atoms. The Morgan fingerprint density at radius 2 is 2.00 bits per heavy atom. The van der Waals surface area contributed by atoms with E-state index in [1.54, 1.807) is 7.11 Å². The Kier molecular flexibility index (Phi) is 5.42. The molecule has 4 nitrogen and oxygen atoms in total. The largest absolute Gasteiger partial charge is 0.497 e. The minimum absolute atomic E-state index is 0.0245. The highest BCUT2D eigenvalue weighted by atomic mass is 35.5. The van der Waals surface area contributed by atoms with Gasteiger partial charge in [0.25, 0.3) is 0 Å². The van der Waals surface area contributed by atoms with Crippen LogP contribution in [-0.2, 0) is 11.2 Å². The molecule has 1 N–H and O–H groups in total. The molecule has 0 unspecified atom stereocenters. The lowest BCUT2D eigenvalue weighted by Crippen LogP contribution is -2.41. The van der Waals surface area contributed by atoms with Crippen LogP contribution in [0.15, 0.2) is 42.5 Å². The Labute approximate surface area is 159 Å². The number of hydrogen-bond donors (Lipinski definition) is 1.